The number of carbonyl (C=O) groups is 1. The van der Waals surface area contributed by atoms with E-state index in [4.69, 9.17) is 28.9 Å². The fourth-order valence-electron chi connectivity index (χ4n) is 2.44. The Morgan fingerprint density at radius 3 is 2.54 bits per heavy atom. The number of benzene rings is 2. The van der Waals surface area contributed by atoms with Crippen LogP contribution in [0.2, 0.25) is 10.0 Å². The van der Waals surface area contributed by atoms with Crippen molar-refractivity contribution in [2.24, 2.45) is 5.73 Å². The Hall–Kier alpha value is -2.63. The molecule has 1 heterocycles. The van der Waals surface area contributed by atoms with Crippen molar-refractivity contribution in [3.63, 3.8) is 0 Å². The maximum Gasteiger partial charge on any atom is 0.248 e. The van der Waals surface area contributed by atoms with Crippen LogP contribution in [0.1, 0.15) is 15.9 Å². The second-order valence-electron chi connectivity index (χ2n) is 5.67. The van der Waals surface area contributed by atoms with E-state index in [1.165, 1.54) is 0 Å². The van der Waals surface area contributed by atoms with E-state index >= 15 is 0 Å². The largest absolute Gasteiger partial charge is 0.368 e. The van der Waals surface area contributed by atoms with Crippen LogP contribution in [0.15, 0.2) is 54.6 Å². The SMILES string of the molecule is NC(=O)c1cccc(-c2ccc(NCCc3ccc(Cl)c(Cl)c3)nn2)c1. The van der Waals surface area contributed by atoms with E-state index in [-0.39, 0.29) is 0 Å². The molecule has 1 aromatic heterocycles. The molecule has 0 saturated carbocycles. The number of nitrogens with zero attached hydrogens (tertiary/aromatic N) is 2. The zero-order valence-electron chi connectivity index (χ0n) is 13.7. The summed E-state index contributed by atoms with van der Waals surface area (Å²) in [5.74, 6) is 0.195. The molecule has 2 aromatic carbocycles. The minimum absolute atomic E-state index is 0.438. The first kappa shape index (κ1) is 18.2. The number of aromatic nitrogens is 2. The summed E-state index contributed by atoms with van der Waals surface area (Å²) in [6, 6.07) is 16.2. The van der Waals surface area contributed by atoms with E-state index in [9.17, 15) is 4.79 Å². The number of nitrogens with two attached hydrogens (primary N) is 1. The van der Waals surface area contributed by atoms with Crippen molar-refractivity contribution in [1.82, 2.24) is 10.2 Å². The van der Waals surface area contributed by atoms with Gasteiger partial charge < -0.3 is 11.1 Å². The standard InChI is InChI=1S/C19H16Cl2N4O/c20-15-5-4-12(10-16(15)21)8-9-23-18-7-6-17(24-25-18)13-2-1-3-14(11-13)19(22)26/h1-7,10-11H,8-9H2,(H2,22,26)(H,23,25). The minimum Gasteiger partial charge on any atom is -0.368 e. The van der Waals surface area contributed by atoms with Gasteiger partial charge in [-0.2, -0.15) is 0 Å². The molecule has 0 fully saturated rings. The predicted octanol–water partition coefficient (Wildman–Crippen LogP) is 4.20. The lowest BCUT2D eigenvalue weighted by molar-refractivity contribution is 0.100. The lowest BCUT2D eigenvalue weighted by Gasteiger charge is -2.07. The van der Waals surface area contributed by atoms with Crippen LogP contribution >= 0.6 is 23.2 Å². The molecule has 132 valence electrons. The Bertz CT molecular complexity index is 929. The van der Waals surface area contributed by atoms with Crippen LogP contribution in [-0.4, -0.2) is 22.6 Å². The molecule has 3 aromatic rings. The van der Waals surface area contributed by atoms with Crippen LogP contribution in [0, 0.1) is 0 Å². The number of halogens is 2. The lowest BCUT2D eigenvalue weighted by atomic mass is 10.1. The maximum absolute atomic E-state index is 11.3. The van der Waals surface area contributed by atoms with Gasteiger partial charge in [0.1, 0.15) is 5.82 Å². The molecule has 0 aliphatic carbocycles. The summed E-state index contributed by atoms with van der Waals surface area (Å²) in [5.41, 5.74) is 8.28. The summed E-state index contributed by atoms with van der Waals surface area (Å²) in [4.78, 5) is 11.3. The highest BCUT2D eigenvalue weighted by Crippen LogP contribution is 2.23. The summed E-state index contributed by atoms with van der Waals surface area (Å²) < 4.78 is 0. The molecule has 5 nitrogen and oxygen atoms in total. The topological polar surface area (TPSA) is 80.9 Å². The maximum atomic E-state index is 11.3. The fraction of sp³-hybridized carbons (Fsp3) is 0.105. The van der Waals surface area contributed by atoms with E-state index < -0.39 is 5.91 Å². The van der Waals surface area contributed by atoms with Gasteiger partial charge in [0.15, 0.2) is 0 Å². The Morgan fingerprint density at radius 1 is 1.00 bits per heavy atom. The van der Waals surface area contributed by atoms with E-state index in [2.05, 4.69) is 15.5 Å². The Kier molecular flexibility index (Phi) is 5.71. The van der Waals surface area contributed by atoms with E-state index in [0.717, 1.165) is 17.5 Å². The van der Waals surface area contributed by atoms with Crippen molar-refractivity contribution in [2.45, 2.75) is 6.42 Å². The van der Waals surface area contributed by atoms with Crippen molar-refractivity contribution in [3.05, 3.63) is 75.8 Å². The highest BCUT2D eigenvalue weighted by molar-refractivity contribution is 6.42. The zero-order chi connectivity index (χ0) is 18.5. The average molecular weight is 387 g/mol. The molecule has 0 spiro atoms. The molecule has 26 heavy (non-hydrogen) atoms. The third-order valence-electron chi connectivity index (χ3n) is 3.81. The van der Waals surface area contributed by atoms with Crippen LogP contribution in [0.4, 0.5) is 5.82 Å². The molecular formula is C19H16Cl2N4O. The van der Waals surface area contributed by atoms with Gasteiger partial charge in [0.05, 0.1) is 15.7 Å². The van der Waals surface area contributed by atoms with Gasteiger partial charge in [-0.05, 0) is 48.4 Å². The first-order valence-corrected chi connectivity index (χ1v) is 8.70. The van der Waals surface area contributed by atoms with E-state index in [1.807, 2.05) is 30.3 Å². The van der Waals surface area contributed by atoms with E-state index in [1.54, 1.807) is 24.3 Å². The number of nitrogens with one attached hydrogen (secondary N) is 1. The van der Waals surface area contributed by atoms with Crippen molar-refractivity contribution >= 4 is 34.9 Å². The van der Waals surface area contributed by atoms with Crippen LogP contribution in [-0.2, 0) is 6.42 Å². The van der Waals surface area contributed by atoms with Crippen molar-refractivity contribution in [3.8, 4) is 11.3 Å². The second kappa shape index (κ2) is 8.17. The Morgan fingerprint density at radius 2 is 1.85 bits per heavy atom. The number of primary amides is 1. The van der Waals surface area contributed by atoms with Gasteiger partial charge in [-0.15, -0.1) is 10.2 Å². The molecule has 3 N–H and O–H groups in total. The minimum atomic E-state index is -0.472. The molecule has 0 saturated heterocycles. The molecule has 3 rings (SSSR count). The summed E-state index contributed by atoms with van der Waals surface area (Å²) >= 11 is 11.9. The van der Waals surface area contributed by atoms with Gasteiger partial charge in [-0.3, -0.25) is 4.79 Å². The zero-order valence-corrected chi connectivity index (χ0v) is 15.3. The summed E-state index contributed by atoms with van der Waals surface area (Å²) in [5, 5.41) is 12.7. The monoisotopic (exact) mass is 386 g/mol. The molecule has 0 unspecified atom stereocenters. The van der Waals surface area contributed by atoms with Crippen LogP contribution < -0.4 is 11.1 Å². The molecule has 7 heteroatoms. The number of hydrogen-bond acceptors (Lipinski definition) is 4. The Labute approximate surface area is 161 Å². The first-order chi connectivity index (χ1) is 12.5. The van der Waals surface area contributed by atoms with Gasteiger partial charge in [0, 0.05) is 17.7 Å². The van der Waals surface area contributed by atoms with Gasteiger partial charge in [-0.25, -0.2) is 0 Å². The normalized spacial score (nSPS) is 10.5. The number of amides is 1. The number of carbonyl (C=O) groups excluding carboxylic acids is 1. The summed E-state index contributed by atoms with van der Waals surface area (Å²) in [6.07, 6.45) is 0.779. The first-order valence-electron chi connectivity index (χ1n) is 7.95. The third kappa shape index (κ3) is 4.50. The molecule has 0 bridgehead atoms. The molecule has 0 atom stereocenters. The van der Waals surface area contributed by atoms with Gasteiger partial charge in [0.25, 0.3) is 0 Å². The number of rotatable bonds is 6. The van der Waals surface area contributed by atoms with Gasteiger partial charge in [0.2, 0.25) is 5.91 Å². The second-order valence-corrected chi connectivity index (χ2v) is 6.49. The van der Waals surface area contributed by atoms with Crippen LogP contribution in [0.5, 0.6) is 0 Å². The number of hydrogen-bond donors (Lipinski definition) is 2. The van der Waals surface area contributed by atoms with E-state index in [0.29, 0.717) is 33.7 Å². The van der Waals surface area contributed by atoms with Gasteiger partial charge >= 0.3 is 0 Å². The number of anilines is 1. The molecule has 0 radical (unpaired) electrons. The van der Waals surface area contributed by atoms with Crippen LogP contribution in [0.3, 0.4) is 0 Å². The predicted molar refractivity (Wildman–Crippen MR) is 105 cm³/mol. The van der Waals surface area contributed by atoms with Crippen LogP contribution in [0.25, 0.3) is 11.3 Å². The highest BCUT2D eigenvalue weighted by Gasteiger charge is 2.05. The third-order valence-corrected chi connectivity index (χ3v) is 4.55. The molecule has 0 aliphatic rings. The molecular weight excluding hydrogens is 371 g/mol. The van der Waals surface area contributed by atoms with Crippen molar-refractivity contribution < 1.29 is 4.79 Å². The van der Waals surface area contributed by atoms with Crippen molar-refractivity contribution in [2.75, 3.05) is 11.9 Å². The average Bonchev–Trinajstić information content (AvgIpc) is 2.65. The van der Waals surface area contributed by atoms with Crippen molar-refractivity contribution in [1.29, 1.82) is 0 Å². The summed E-state index contributed by atoms with van der Waals surface area (Å²) in [7, 11) is 0. The quantitative estimate of drug-likeness (QED) is 0.664. The highest BCUT2D eigenvalue weighted by atomic mass is 35.5. The van der Waals surface area contributed by atoms with Gasteiger partial charge in [-0.1, -0.05) is 41.4 Å². The lowest BCUT2D eigenvalue weighted by Crippen LogP contribution is -2.10. The Balaban J connectivity index is 1.61. The summed E-state index contributed by atoms with van der Waals surface area (Å²) in [6.45, 7) is 0.684. The molecule has 0 aliphatic heterocycles. The molecule has 1 amide bonds. The fourth-order valence-corrected chi connectivity index (χ4v) is 2.76. The smallest absolute Gasteiger partial charge is 0.248 e.